The molecule has 0 heterocycles. The van der Waals surface area contributed by atoms with Gasteiger partial charge >= 0.3 is 5.97 Å². The number of methoxy groups -OCH3 is 2. The average Bonchev–Trinajstić information content (AvgIpc) is 2.58. The van der Waals surface area contributed by atoms with Crippen molar-refractivity contribution in [1.82, 2.24) is 0 Å². The lowest BCUT2D eigenvalue weighted by molar-refractivity contribution is -0.163. The molecule has 4 heteroatoms. The van der Waals surface area contributed by atoms with E-state index in [9.17, 15) is 4.79 Å². The lowest BCUT2D eigenvalue weighted by atomic mass is 9.52. The van der Waals surface area contributed by atoms with Crippen molar-refractivity contribution in [2.75, 3.05) is 14.2 Å². The van der Waals surface area contributed by atoms with E-state index in [1.165, 1.54) is 32.1 Å². The van der Waals surface area contributed by atoms with Gasteiger partial charge in [-0.05, 0) is 73.5 Å². The van der Waals surface area contributed by atoms with E-state index in [1.807, 2.05) is 18.2 Å². The zero-order valence-corrected chi connectivity index (χ0v) is 14.5. The minimum atomic E-state index is 0.0126. The SMILES string of the molecule is COc1ccc(COC(=O)C2C3CC4CC(C3)CC2C4)cc1OC. The molecule has 0 N–H and O–H groups in total. The van der Waals surface area contributed by atoms with Crippen LogP contribution in [0.1, 0.15) is 37.7 Å². The fourth-order valence-corrected chi connectivity index (χ4v) is 5.53. The first-order valence-electron chi connectivity index (χ1n) is 9.05. The fraction of sp³-hybridized carbons (Fsp3) is 0.650. The molecule has 0 amide bonds. The first-order valence-corrected chi connectivity index (χ1v) is 9.05. The minimum Gasteiger partial charge on any atom is -0.493 e. The molecule has 0 radical (unpaired) electrons. The van der Waals surface area contributed by atoms with Gasteiger partial charge in [-0.25, -0.2) is 0 Å². The van der Waals surface area contributed by atoms with Gasteiger partial charge in [-0.2, -0.15) is 0 Å². The Labute approximate surface area is 143 Å². The number of rotatable bonds is 5. The van der Waals surface area contributed by atoms with E-state index < -0.39 is 0 Å². The maximum absolute atomic E-state index is 12.7. The van der Waals surface area contributed by atoms with Gasteiger partial charge < -0.3 is 14.2 Å². The maximum atomic E-state index is 12.7. The van der Waals surface area contributed by atoms with Crippen LogP contribution >= 0.6 is 0 Å². The van der Waals surface area contributed by atoms with Gasteiger partial charge in [0.25, 0.3) is 0 Å². The molecule has 1 aromatic carbocycles. The summed E-state index contributed by atoms with van der Waals surface area (Å²) in [5.41, 5.74) is 0.935. The van der Waals surface area contributed by atoms with Crippen molar-refractivity contribution in [3.63, 3.8) is 0 Å². The Bertz CT molecular complexity index is 596. The van der Waals surface area contributed by atoms with Crippen molar-refractivity contribution in [3.05, 3.63) is 23.8 Å². The molecule has 0 saturated heterocycles. The van der Waals surface area contributed by atoms with E-state index in [4.69, 9.17) is 14.2 Å². The van der Waals surface area contributed by atoms with Crippen molar-refractivity contribution in [3.8, 4) is 11.5 Å². The molecule has 4 saturated carbocycles. The van der Waals surface area contributed by atoms with Gasteiger partial charge in [-0.15, -0.1) is 0 Å². The van der Waals surface area contributed by atoms with E-state index in [0.29, 0.717) is 29.9 Å². The smallest absolute Gasteiger partial charge is 0.309 e. The predicted octanol–water partition coefficient (Wildman–Crippen LogP) is 3.82. The minimum absolute atomic E-state index is 0.0126. The topological polar surface area (TPSA) is 44.8 Å². The van der Waals surface area contributed by atoms with Crippen LogP contribution in [0.4, 0.5) is 0 Å². The number of carbonyl (C=O) groups is 1. The number of ether oxygens (including phenoxy) is 3. The van der Waals surface area contributed by atoms with Crippen LogP contribution in [-0.4, -0.2) is 20.2 Å². The summed E-state index contributed by atoms with van der Waals surface area (Å²) in [6, 6.07) is 5.65. The van der Waals surface area contributed by atoms with Crippen molar-refractivity contribution in [1.29, 1.82) is 0 Å². The quantitative estimate of drug-likeness (QED) is 0.770. The van der Waals surface area contributed by atoms with Gasteiger partial charge in [0.2, 0.25) is 0 Å². The third-order valence-corrected chi connectivity index (χ3v) is 6.33. The van der Waals surface area contributed by atoms with E-state index in [1.54, 1.807) is 14.2 Å². The van der Waals surface area contributed by atoms with Crippen molar-refractivity contribution >= 4 is 5.97 Å². The zero-order valence-electron chi connectivity index (χ0n) is 14.5. The van der Waals surface area contributed by atoms with Crippen LogP contribution in [-0.2, 0) is 16.1 Å². The highest BCUT2D eigenvalue weighted by Crippen LogP contribution is 2.56. The van der Waals surface area contributed by atoms with Crippen molar-refractivity contribution < 1.29 is 19.0 Å². The third-order valence-electron chi connectivity index (χ3n) is 6.33. The Morgan fingerprint density at radius 2 is 1.58 bits per heavy atom. The molecule has 4 nitrogen and oxygen atoms in total. The Balaban J connectivity index is 1.40. The normalized spacial score (nSPS) is 33.3. The first-order chi connectivity index (χ1) is 11.7. The summed E-state index contributed by atoms with van der Waals surface area (Å²) >= 11 is 0. The highest BCUT2D eigenvalue weighted by molar-refractivity contribution is 5.73. The van der Waals surface area contributed by atoms with Crippen molar-refractivity contribution in [2.45, 2.75) is 38.7 Å². The average molecular weight is 330 g/mol. The third kappa shape index (κ3) is 2.76. The molecule has 0 aliphatic heterocycles. The Kier molecular flexibility index (Phi) is 4.15. The summed E-state index contributed by atoms with van der Waals surface area (Å²) < 4.78 is 16.2. The van der Waals surface area contributed by atoms with Gasteiger partial charge in [-0.1, -0.05) is 6.07 Å². The molecule has 0 atom stereocenters. The first kappa shape index (κ1) is 15.8. The van der Waals surface area contributed by atoms with Gasteiger partial charge in [0.05, 0.1) is 20.1 Å². The second-order valence-electron chi connectivity index (χ2n) is 7.75. The van der Waals surface area contributed by atoms with E-state index in [2.05, 4.69) is 0 Å². The Hall–Kier alpha value is -1.71. The second kappa shape index (κ2) is 6.30. The second-order valence-corrected chi connectivity index (χ2v) is 7.75. The number of esters is 1. The molecule has 24 heavy (non-hydrogen) atoms. The number of benzene rings is 1. The predicted molar refractivity (Wildman–Crippen MR) is 89.9 cm³/mol. The fourth-order valence-electron chi connectivity index (χ4n) is 5.53. The van der Waals surface area contributed by atoms with Gasteiger partial charge in [-0.3, -0.25) is 4.79 Å². The standard InChI is InChI=1S/C20H26O4/c1-22-17-4-3-12(10-18(17)23-2)11-24-20(21)19-15-6-13-5-14(8-15)9-16(19)7-13/h3-4,10,13-16,19H,5-9,11H2,1-2H3. The molecular formula is C20H26O4. The summed E-state index contributed by atoms with van der Waals surface area (Å²) in [6.07, 6.45) is 6.36. The molecule has 4 aliphatic rings. The van der Waals surface area contributed by atoms with E-state index in [0.717, 1.165) is 17.4 Å². The molecule has 0 aromatic heterocycles. The lowest BCUT2D eigenvalue weighted by Gasteiger charge is -2.53. The Morgan fingerprint density at radius 3 is 2.17 bits per heavy atom. The van der Waals surface area contributed by atoms with Crippen LogP contribution in [0.3, 0.4) is 0 Å². The summed E-state index contributed by atoms with van der Waals surface area (Å²) in [4.78, 5) is 12.7. The van der Waals surface area contributed by atoms with Crippen LogP contribution in [0.15, 0.2) is 18.2 Å². The molecular weight excluding hydrogens is 304 g/mol. The largest absolute Gasteiger partial charge is 0.493 e. The number of carbonyl (C=O) groups excluding carboxylic acids is 1. The highest BCUT2D eigenvalue weighted by Gasteiger charge is 2.51. The molecule has 1 aromatic rings. The molecule has 0 spiro atoms. The summed E-state index contributed by atoms with van der Waals surface area (Å²) in [7, 11) is 3.23. The zero-order chi connectivity index (χ0) is 16.7. The molecule has 130 valence electrons. The van der Waals surface area contributed by atoms with Crippen LogP contribution in [0.5, 0.6) is 11.5 Å². The van der Waals surface area contributed by atoms with Crippen molar-refractivity contribution in [2.24, 2.45) is 29.6 Å². The molecule has 5 rings (SSSR count). The van der Waals surface area contributed by atoms with Gasteiger partial charge in [0.15, 0.2) is 11.5 Å². The Morgan fingerprint density at radius 1 is 0.958 bits per heavy atom. The molecule has 4 fully saturated rings. The molecule has 4 bridgehead atoms. The van der Waals surface area contributed by atoms with Crippen LogP contribution in [0.25, 0.3) is 0 Å². The lowest BCUT2D eigenvalue weighted by Crippen LogP contribution is -2.48. The van der Waals surface area contributed by atoms with E-state index >= 15 is 0 Å². The van der Waals surface area contributed by atoms with Crippen LogP contribution < -0.4 is 9.47 Å². The summed E-state index contributed by atoms with van der Waals surface area (Å²) in [5.74, 6) is 4.40. The number of hydrogen-bond acceptors (Lipinski definition) is 4. The highest BCUT2D eigenvalue weighted by atomic mass is 16.5. The monoisotopic (exact) mass is 330 g/mol. The molecule has 4 aliphatic carbocycles. The van der Waals surface area contributed by atoms with Crippen LogP contribution in [0, 0.1) is 29.6 Å². The summed E-state index contributed by atoms with van der Waals surface area (Å²) in [6.45, 7) is 0.308. The van der Waals surface area contributed by atoms with Crippen LogP contribution in [0.2, 0.25) is 0 Å². The summed E-state index contributed by atoms with van der Waals surface area (Å²) in [5, 5.41) is 0. The van der Waals surface area contributed by atoms with E-state index in [-0.39, 0.29) is 11.9 Å². The van der Waals surface area contributed by atoms with Gasteiger partial charge in [0.1, 0.15) is 6.61 Å². The van der Waals surface area contributed by atoms with Gasteiger partial charge in [0, 0.05) is 0 Å². The maximum Gasteiger partial charge on any atom is 0.309 e. The number of hydrogen-bond donors (Lipinski definition) is 0. The molecule has 0 unspecified atom stereocenters.